The van der Waals surface area contributed by atoms with Crippen LogP contribution in [0.2, 0.25) is 0 Å². The number of phenolic OH excluding ortho intramolecular Hbond substituents is 1. The van der Waals surface area contributed by atoms with Gasteiger partial charge in [0.2, 0.25) is 0 Å². The molecule has 0 bridgehead atoms. The van der Waals surface area contributed by atoms with E-state index in [4.69, 9.17) is 14.4 Å². The molecule has 0 unspecified atom stereocenters. The zero-order valence-electron chi connectivity index (χ0n) is 28.5. The first-order valence-corrected chi connectivity index (χ1v) is 17.6. The minimum atomic E-state index is 0.168. The number of imidazole rings is 1. The zero-order valence-corrected chi connectivity index (χ0v) is 28.5. The van der Waals surface area contributed by atoms with E-state index in [-0.39, 0.29) is 5.75 Å². The fourth-order valence-electron chi connectivity index (χ4n) is 7.51. The molecule has 0 aliphatic carbocycles. The summed E-state index contributed by atoms with van der Waals surface area (Å²) >= 11 is 0. The lowest BCUT2D eigenvalue weighted by Gasteiger charge is -2.15. The lowest BCUT2D eigenvalue weighted by Crippen LogP contribution is -2.00. The number of furan rings is 1. The van der Waals surface area contributed by atoms with E-state index < -0.39 is 0 Å². The van der Waals surface area contributed by atoms with Gasteiger partial charge >= 0.3 is 0 Å². The van der Waals surface area contributed by atoms with E-state index in [0.717, 1.165) is 83.3 Å². The maximum Gasteiger partial charge on any atom is 0.149 e. The molecule has 0 aliphatic rings. The summed E-state index contributed by atoms with van der Waals surface area (Å²) in [5, 5.41) is 13.2. The van der Waals surface area contributed by atoms with Crippen LogP contribution in [0.1, 0.15) is 0 Å². The number of aromatic nitrogens is 3. The smallest absolute Gasteiger partial charge is 0.149 e. The Morgan fingerprint density at radius 3 is 2.00 bits per heavy atom. The number of para-hydroxylation sites is 3. The topological polar surface area (TPSA) is 64.1 Å². The summed E-state index contributed by atoms with van der Waals surface area (Å²) in [5.74, 6) is 0.823. The van der Waals surface area contributed by atoms with Gasteiger partial charge in [-0.3, -0.25) is 9.55 Å². The van der Waals surface area contributed by atoms with Crippen molar-refractivity contribution in [2.75, 3.05) is 0 Å². The van der Waals surface area contributed by atoms with Crippen molar-refractivity contribution in [1.29, 1.82) is 0 Å². The van der Waals surface area contributed by atoms with Crippen LogP contribution in [-0.2, 0) is 0 Å². The maximum absolute atomic E-state index is 11.2. The van der Waals surface area contributed by atoms with Crippen LogP contribution in [0, 0.1) is 0 Å². The number of aromatic hydroxyl groups is 1. The first kappa shape index (κ1) is 30.6. The number of rotatable bonds is 6. The Bertz CT molecular complexity index is 2950. The van der Waals surface area contributed by atoms with Crippen molar-refractivity contribution in [3.8, 4) is 67.5 Å². The minimum Gasteiger partial charge on any atom is -0.507 e. The van der Waals surface area contributed by atoms with Gasteiger partial charge in [0.05, 0.1) is 28.0 Å². The van der Waals surface area contributed by atoms with Crippen LogP contribution in [-0.4, -0.2) is 19.6 Å². The van der Waals surface area contributed by atoms with Gasteiger partial charge in [-0.2, -0.15) is 0 Å². The van der Waals surface area contributed by atoms with Gasteiger partial charge in [0, 0.05) is 33.7 Å². The van der Waals surface area contributed by atoms with Crippen molar-refractivity contribution in [2.24, 2.45) is 0 Å². The summed E-state index contributed by atoms with van der Waals surface area (Å²) in [4.78, 5) is 10.1. The van der Waals surface area contributed by atoms with Gasteiger partial charge in [0.15, 0.2) is 0 Å². The first-order chi connectivity index (χ1) is 26.2. The van der Waals surface area contributed by atoms with E-state index in [1.54, 1.807) is 6.07 Å². The third-order valence-corrected chi connectivity index (χ3v) is 9.99. The molecule has 0 saturated heterocycles. The molecule has 0 spiro atoms. The SMILES string of the molecule is Oc1ccccc1-c1nc2c(-c3cc(-c4ccccn4)c4oc5cc(-c6ccccc6)ccc5c4c3)cccc2n1-c1ccccc1-c1ccccc1. The molecule has 0 fully saturated rings. The Balaban J connectivity index is 1.25. The van der Waals surface area contributed by atoms with Gasteiger partial charge in [0.1, 0.15) is 22.7 Å². The van der Waals surface area contributed by atoms with Crippen molar-refractivity contribution >= 4 is 33.0 Å². The molecule has 10 aromatic rings. The average Bonchev–Trinajstić information content (AvgIpc) is 3.80. The highest BCUT2D eigenvalue weighted by Crippen LogP contribution is 2.43. The summed E-state index contributed by atoms with van der Waals surface area (Å²) in [5.41, 5.74) is 13.0. The van der Waals surface area contributed by atoms with E-state index in [2.05, 4.69) is 120 Å². The number of fused-ring (bicyclic) bond motifs is 4. The Morgan fingerprint density at radius 2 is 1.21 bits per heavy atom. The van der Waals surface area contributed by atoms with E-state index in [1.807, 2.05) is 60.8 Å². The Kier molecular flexibility index (Phi) is 7.22. The lowest BCUT2D eigenvalue weighted by atomic mass is 9.96. The highest BCUT2D eigenvalue weighted by Gasteiger charge is 2.23. The van der Waals surface area contributed by atoms with Crippen LogP contribution >= 0.6 is 0 Å². The number of phenols is 1. The van der Waals surface area contributed by atoms with Crippen molar-refractivity contribution in [3.63, 3.8) is 0 Å². The fraction of sp³-hybridized carbons (Fsp3) is 0. The monoisotopic (exact) mass is 681 g/mol. The second-order valence-electron chi connectivity index (χ2n) is 13.1. The molecule has 0 radical (unpaired) electrons. The molecule has 0 aliphatic heterocycles. The maximum atomic E-state index is 11.2. The predicted octanol–water partition coefficient (Wildman–Crippen LogP) is 12.4. The average molecular weight is 682 g/mol. The van der Waals surface area contributed by atoms with E-state index >= 15 is 0 Å². The van der Waals surface area contributed by atoms with E-state index in [1.165, 1.54) is 0 Å². The number of pyridine rings is 1. The number of nitrogens with zero attached hydrogens (tertiary/aromatic N) is 3. The molecule has 1 N–H and O–H groups in total. The van der Waals surface area contributed by atoms with Crippen molar-refractivity contribution in [2.45, 2.75) is 0 Å². The Hall–Kier alpha value is -7.24. The van der Waals surface area contributed by atoms with Crippen molar-refractivity contribution in [3.05, 3.63) is 182 Å². The van der Waals surface area contributed by atoms with Gasteiger partial charge in [-0.15, -0.1) is 0 Å². The van der Waals surface area contributed by atoms with E-state index in [9.17, 15) is 5.11 Å². The molecule has 5 nitrogen and oxygen atoms in total. The lowest BCUT2D eigenvalue weighted by molar-refractivity contribution is 0.477. The van der Waals surface area contributed by atoms with Crippen LogP contribution in [0.25, 0.3) is 94.7 Å². The van der Waals surface area contributed by atoms with Gasteiger partial charge in [-0.1, -0.05) is 115 Å². The van der Waals surface area contributed by atoms with Crippen molar-refractivity contribution < 1.29 is 9.52 Å². The number of hydrogen-bond donors (Lipinski definition) is 1. The molecule has 53 heavy (non-hydrogen) atoms. The summed E-state index contributed by atoms with van der Waals surface area (Å²) in [6, 6.07) is 59.6. The third kappa shape index (κ3) is 5.17. The van der Waals surface area contributed by atoms with E-state index in [0.29, 0.717) is 11.4 Å². The standard InChI is InChI=1S/C48H31N3O2/c52-44-24-10-8-19-38(44)48-50-46-36(20-13-23-43(46)51(48)42-22-9-7-18-35(42)32-16-5-2-6-17-32)34-28-39-37-26-25-33(31-14-3-1-4-15-31)30-45(37)53-47(39)40(29-34)41-21-11-12-27-49-41/h1-30,52H. The molecule has 3 aromatic heterocycles. The highest BCUT2D eigenvalue weighted by molar-refractivity contribution is 6.12. The van der Waals surface area contributed by atoms with Gasteiger partial charge in [0.25, 0.3) is 0 Å². The van der Waals surface area contributed by atoms with Gasteiger partial charge < -0.3 is 9.52 Å². The summed E-state index contributed by atoms with van der Waals surface area (Å²) in [6.45, 7) is 0. The Labute approximate surface area is 305 Å². The molecule has 10 rings (SSSR count). The van der Waals surface area contributed by atoms with Crippen LogP contribution in [0.5, 0.6) is 5.75 Å². The first-order valence-electron chi connectivity index (χ1n) is 17.6. The molecule has 0 amide bonds. The molecule has 5 heteroatoms. The normalized spacial score (nSPS) is 11.5. The Morgan fingerprint density at radius 1 is 0.491 bits per heavy atom. The molecule has 250 valence electrons. The molecular formula is C48H31N3O2. The fourth-order valence-corrected chi connectivity index (χ4v) is 7.51. The molecule has 3 heterocycles. The zero-order chi connectivity index (χ0) is 35.3. The molecule has 7 aromatic carbocycles. The van der Waals surface area contributed by atoms with Crippen LogP contribution in [0.3, 0.4) is 0 Å². The largest absolute Gasteiger partial charge is 0.507 e. The minimum absolute atomic E-state index is 0.168. The summed E-state index contributed by atoms with van der Waals surface area (Å²) in [6.07, 6.45) is 1.81. The molecule has 0 atom stereocenters. The quantitative estimate of drug-likeness (QED) is 0.190. The summed E-state index contributed by atoms with van der Waals surface area (Å²) in [7, 11) is 0. The van der Waals surface area contributed by atoms with Crippen LogP contribution in [0.15, 0.2) is 187 Å². The molecular weight excluding hydrogens is 651 g/mol. The number of benzene rings is 7. The second-order valence-corrected chi connectivity index (χ2v) is 13.1. The number of hydrogen-bond acceptors (Lipinski definition) is 4. The predicted molar refractivity (Wildman–Crippen MR) is 215 cm³/mol. The van der Waals surface area contributed by atoms with Gasteiger partial charge in [-0.25, -0.2) is 4.98 Å². The third-order valence-electron chi connectivity index (χ3n) is 9.99. The molecule has 0 saturated carbocycles. The summed E-state index contributed by atoms with van der Waals surface area (Å²) < 4.78 is 8.87. The second kappa shape index (κ2) is 12.5. The van der Waals surface area contributed by atoms with Crippen LogP contribution < -0.4 is 0 Å². The van der Waals surface area contributed by atoms with Crippen molar-refractivity contribution in [1.82, 2.24) is 14.5 Å². The van der Waals surface area contributed by atoms with Crippen LogP contribution in [0.4, 0.5) is 0 Å². The van der Waals surface area contributed by atoms with Gasteiger partial charge in [-0.05, 0) is 82.9 Å². The highest BCUT2D eigenvalue weighted by atomic mass is 16.3.